The van der Waals surface area contributed by atoms with E-state index in [1.807, 2.05) is 30.3 Å². The second-order valence-electron chi connectivity index (χ2n) is 7.23. The standard InChI is InChI=1S/C19H22Cl2N4O4/c1-18(11-19(18,20)21)16(27)25(10-12-6-4-3-5-7-12)13-14(22)24(8-9-29-2)17(28)23-15(13)26/h3-7H,8-11,22H2,1-2H3,(H,23,26,28). The first-order chi connectivity index (χ1) is 13.6. The van der Waals surface area contributed by atoms with Crippen LogP contribution >= 0.6 is 23.2 Å². The van der Waals surface area contributed by atoms with Crippen LogP contribution in [0.1, 0.15) is 18.9 Å². The van der Waals surface area contributed by atoms with Crippen molar-refractivity contribution in [2.45, 2.75) is 30.8 Å². The highest BCUT2D eigenvalue weighted by molar-refractivity contribution is 6.53. The van der Waals surface area contributed by atoms with Gasteiger partial charge in [0.1, 0.15) is 10.2 Å². The number of carbonyl (C=O) groups is 1. The van der Waals surface area contributed by atoms with E-state index in [1.165, 1.54) is 12.0 Å². The van der Waals surface area contributed by atoms with Gasteiger partial charge in [-0.25, -0.2) is 4.79 Å². The van der Waals surface area contributed by atoms with Crippen LogP contribution in [0, 0.1) is 5.41 Å². The average Bonchev–Trinajstić information content (AvgIpc) is 3.19. The van der Waals surface area contributed by atoms with Gasteiger partial charge in [-0.1, -0.05) is 30.3 Å². The summed E-state index contributed by atoms with van der Waals surface area (Å²) in [4.78, 5) is 41.8. The molecule has 0 radical (unpaired) electrons. The molecule has 1 unspecified atom stereocenters. The highest BCUT2D eigenvalue weighted by Crippen LogP contribution is 2.64. The van der Waals surface area contributed by atoms with Gasteiger partial charge >= 0.3 is 5.69 Å². The van der Waals surface area contributed by atoms with Crippen molar-refractivity contribution in [3.63, 3.8) is 0 Å². The third kappa shape index (κ3) is 3.92. The Hall–Kier alpha value is -2.29. The van der Waals surface area contributed by atoms with Gasteiger partial charge < -0.3 is 10.5 Å². The van der Waals surface area contributed by atoms with Crippen molar-refractivity contribution in [2.75, 3.05) is 24.4 Å². The number of aromatic nitrogens is 2. The first-order valence-corrected chi connectivity index (χ1v) is 9.73. The van der Waals surface area contributed by atoms with Crippen molar-refractivity contribution in [2.24, 2.45) is 5.41 Å². The quantitative estimate of drug-likeness (QED) is 0.638. The van der Waals surface area contributed by atoms with Crippen LogP contribution in [0.2, 0.25) is 0 Å². The van der Waals surface area contributed by atoms with Gasteiger partial charge in [-0.05, 0) is 18.9 Å². The molecule has 1 amide bonds. The molecule has 10 heteroatoms. The van der Waals surface area contributed by atoms with E-state index in [1.54, 1.807) is 6.92 Å². The minimum atomic E-state index is -1.23. The number of alkyl halides is 2. The van der Waals surface area contributed by atoms with Gasteiger partial charge in [0.15, 0.2) is 5.69 Å². The van der Waals surface area contributed by atoms with Crippen LogP contribution in [0.25, 0.3) is 0 Å². The summed E-state index contributed by atoms with van der Waals surface area (Å²) in [6.07, 6.45) is 0.244. The minimum absolute atomic E-state index is 0.0644. The molecule has 1 atom stereocenters. The van der Waals surface area contributed by atoms with Crippen molar-refractivity contribution >= 4 is 40.6 Å². The van der Waals surface area contributed by atoms with Crippen LogP contribution < -0.4 is 21.9 Å². The van der Waals surface area contributed by atoms with E-state index in [0.717, 1.165) is 10.1 Å². The van der Waals surface area contributed by atoms with Crippen molar-refractivity contribution in [1.29, 1.82) is 0 Å². The largest absolute Gasteiger partial charge is 0.383 e. The number of rotatable bonds is 7. The number of benzene rings is 1. The molecular formula is C19H22Cl2N4O4. The Morgan fingerprint density at radius 1 is 1.31 bits per heavy atom. The Kier molecular flexibility index (Phi) is 5.80. The maximum atomic E-state index is 13.4. The van der Waals surface area contributed by atoms with Crippen LogP contribution in [0.5, 0.6) is 0 Å². The molecule has 3 N–H and O–H groups in total. The number of aromatic amines is 1. The molecule has 1 aromatic carbocycles. The van der Waals surface area contributed by atoms with Gasteiger partial charge in [-0.3, -0.25) is 24.0 Å². The zero-order valence-electron chi connectivity index (χ0n) is 16.1. The van der Waals surface area contributed by atoms with E-state index in [4.69, 9.17) is 33.7 Å². The molecule has 3 rings (SSSR count). The molecule has 8 nitrogen and oxygen atoms in total. The molecule has 0 aliphatic heterocycles. The number of ether oxygens (including phenoxy) is 1. The highest BCUT2D eigenvalue weighted by atomic mass is 35.5. The number of amides is 1. The number of nitrogens with zero attached hydrogens (tertiary/aromatic N) is 2. The minimum Gasteiger partial charge on any atom is -0.383 e. The Morgan fingerprint density at radius 3 is 2.48 bits per heavy atom. The number of hydrogen-bond donors (Lipinski definition) is 2. The normalized spacial score (nSPS) is 19.7. The van der Waals surface area contributed by atoms with Gasteiger partial charge in [0.05, 0.1) is 25.1 Å². The van der Waals surface area contributed by atoms with Crippen LogP contribution in [-0.4, -0.2) is 33.5 Å². The lowest BCUT2D eigenvalue weighted by Gasteiger charge is -2.28. The number of nitrogen functional groups attached to an aromatic ring is 1. The summed E-state index contributed by atoms with van der Waals surface area (Å²) in [6.45, 7) is 2.02. The predicted octanol–water partition coefficient (Wildman–Crippen LogP) is 1.88. The van der Waals surface area contributed by atoms with Gasteiger partial charge in [0, 0.05) is 7.11 Å². The maximum Gasteiger partial charge on any atom is 0.330 e. The average molecular weight is 441 g/mol. The molecule has 1 aliphatic rings. The fraction of sp³-hybridized carbons (Fsp3) is 0.421. The van der Waals surface area contributed by atoms with E-state index in [-0.39, 0.29) is 37.6 Å². The van der Waals surface area contributed by atoms with Crippen LogP contribution in [0.4, 0.5) is 11.5 Å². The lowest BCUT2D eigenvalue weighted by Crippen LogP contribution is -2.44. The van der Waals surface area contributed by atoms with Crippen molar-refractivity contribution in [3.05, 3.63) is 56.7 Å². The number of methoxy groups -OCH3 is 1. The highest BCUT2D eigenvalue weighted by Gasteiger charge is 2.69. The first-order valence-electron chi connectivity index (χ1n) is 8.97. The summed E-state index contributed by atoms with van der Waals surface area (Å²) in [5.41, 5.74) is 4.32. The zero-order chi connectivity index (χ0) is 21.4. The number of H-pyrrole nitrogens is 1. The lowest BCUT2D eigenvalue weighted by atomic mass is 10.1. The summed E-state index contributed by atoms with van der Waals surface area (Å²) in [7, 11) is 1.48. The summed E-state index contributed by atoms with van der Waals surface area (Å²) in [6, 6.07) is 9.10. The molecule has 2 aromatic rings. The molecule has 0 spiro atoms. The summed E-state index contributed by atoms with van der Waals surface area (Å²) >= 11 is 12.4. The molecule has 29 heavy (non-hydrogen) atoms. The predicted molar refractivity (Wildman–Crippen MR) is 112 cm³/mol. The number of hydrogen-bond acceptors (Lipinski definition) is 5. The van der Waals surface area contributed by atoms with Crippen molar-refractivity contribution < 1.29 is 9.53 Å². The summed E-state index contributed by atoms with van der Waals surface area (Å²) in [5.74, 6) is -0.570. The Balaban J connectivity index is 2.13. The lowest BCUT2D eigenvalue weighted by molar-refractivity contribution is -0.123. The Morgan fingerprint density at radius 2 is 1.93 bits per heavy atom. The van der Waals surface area contributed by atoms with E-state index in [0.29, 0.717) is 0 Å². The van der Waals surface area contributed by atoms with Crippen LogP contribution in [-0.2, 0) is 22.6 Å². The van der Waals surface area contributed by atoms with E-state index >= 15 is 0 Å². The molecule has 1 aromatic heterocycles. The molecule has 0 bridgehead atoms. The molecular weight excluding hydrogens is 419 g/mol. The Labute approximate surface area is 177 Å². The van der Waals surface area contributed by atoms with E-state index in [2.05, 4.69) is 4.98 Å². The van der Waals surface area contributed by atoms with Gasteiger partial charge in [-0.15, -0.1) is 23.2 Å². The third-order valence-electron chi connectivity index (χ3n) is 5.16. The smallest absolute Gasteiger partial charge is 0.330 e. The van der Waals surface area contributed by atoms with Gasteiger partial charge in [-0.2, -0.15) is 0 Å². The number of halogens is 2. The molecule has 0 saturated heterocycles. The van der Waals surface area contributed by atoms with Gasteiger partial charge in [0.2, 0.25) is 5.91 Å². The first kappa shape index (κ1) is 21.4. The number of nitrogens with two attached hydrogens (primary N) is 1. The Bertz CT molecular complexity index is 1030. The molecule has 1 aliphatic carbocycles. The van der Waals surface area contributed by atoms with Gasteiger partial charge in [0.25, 0.3) is 5.56 Å². The van der Waals surface area contributed by atoms with Crippen LogP contribution in [0.15, 0.2) is 39.9 Å². The number of nitrogens with one attached hydrogen (secondary N) is 1. The second-order valence-corrected chi connectivity index (χ2v) is 8.71. The fourth-order valence-electron chi connectivity index (χ4n) is 3.19. The van der Waals surface area contributed by atoms with E-state index in [9.17, 15) is 14.4 Å². The summed E-state index contributed by atoms with van der Waals surface area (Å²) < 4.78 is 4.93. The van der Waals surface area contributed by atoms with Crippen LogP contribution in [0.3, 0.4) is 0 Å². The van der Waals surface area contributed by atoms with E-state index < -0.39 is 26.9 Å². The number of carbonyl (C=O) groups excluding carboxylic acids is 1. The van der Waals surface area contributed by atoms with Crippen molar-refractivity contribution in [3.8, 4) is 0 Å². The number of anilines is 2. The fourth-order valence-corrected chi connectivity index (χ4v) is 3.89. The molecule has 156 valence electrons. The van der Waals surface area contributed by atoms with Crippen molar-refractivity contribution in [1.82, 2.24) is 9.55 Å². The third-order valence-corrected chi connectivity index (χ3v) is 6.26. The maximum absolute atomic E-state index is 13.4. The zero-order valence-corrected chi connectivity index (χ0v) is 17.6. The second kappa shape index (κ2) is 7.85. The molecule has 1 fully saturated rings. The summed E-state index contributed by atoms with van der Waals surface area (Å²) in [5, 5.41) is 0. The molecule has 1 saturated carbocycles. The molecule has 1 heterocycles. The topological polar surface area (TPSA) is 110 Å². The monoisotopic (exact) mass is 440 g/mol. The SMILES string of the molecule is COCCn1c(N)c(N(Cc2ccccc2)C(=O)C2(C)CC2(Cl)Cl)c(=O)[nH]c1=O.